The highest BCUT2D eigenvalue weighted by Gasteiger charge is 2.39. The summed E-state index contributed by atoms with van der Waals surface area (Å²) in [5.41, 5.74) is 6.47. The van der Waals surface area contributed by atoms with Crippen molar-refractivity contribution in [2.45, 2.75) is 70.0 Å². The SMILES string of the molecule is COc1nc2c(c(N(C)C3CCN(C#N)C3)n1)CCN(c1nc(N)cc(C)c1C(F)(F)F)C2.FC1CC2CCCN2C1. The first-order valence-corrected chi connectivity index (χ1v) is 14.3. The zero-order valence-corrected chi connectivity index (χ0v) is 24.2. The zero-order valence-electron chi connectivity index (χ0n) is 24.2. The predicted molar refractivity (Wildman–Crippen MR) is 150 cm³/mol. The normalized spacial score (nSPS) is 23.6. The fraction of sp³-hybridized carbons (Fsp3) is 0.643. The van der Waals surface area contributed by atoms with E-state index in [-0.39, 0.29) is 35.8 Å². The smallest absolute Gasteiger partial charge is 0.420 e. The van der Waals surface area contributed by atoms with Crippen molar-refractivity contribution in [2.75, 3.05) is 62.4 Å². The van der Waals surface area contributed by atoms with Gasteiger partial charge in [0.2, 0.25) is 0 Å². The summed E-state index contributed by atoms with van der Waals surface area (Å²) in [6.07, 6.45) is 1.65. The summed E-state index contributed by atoms with van der Waals surface area (Å²) < 4.78 is 59.4. The number of anilines is 3. The minimum atomic E-state index is -4.57. The Morgan fingerprint density at radius 3 is 2.60 bits per heavy atom. The third kappa shape index (κ3) is 6.11. The molecule has 14 heteroatoms. The fourth-order valence-electron chi connectivity index (χ4n) is 6.56. The number of likely N-dealkylation sites (tertiary alicyclic amines) is 1. The quantitative estimate of drug-likeness (QED) is 0.419. The van der Waals surface area contributed by atoms with Gasteiger partial charge in [0.05, 0.1) is 25.4 Å². The van der Waals surface area contributed by atoms with Crippen molar-refractivity contribution < 1.29 is 22.3 Å². The van der Waals surface area contributed by atoms with E-state index >= 15 is 0 Å². The Morgan fingerprint density at radius 1 is 1.14 bits per heavy atom. The van der Waals surface area contributed by atoms with Gasteiger partial charge in [-0.2, -0.15) is 28.4 Å². The highest BCUT2D eigenvalue weighted by Crippen LogP contribution is 2.40. The minimum absolute atomic E-state index is 0.0276. The van der Waals surface area contributed by atoms with Gasteiger partial charge in [-0.25, -0.2) is 9.37 Å². The maximum Gasteiger partial charge on any atom is 0.420 e. The molecular weight excluding hydrogens is 554 g/mol. The number of alkyl halides is 4. The van der Waals surface area contributed by atoms with E-state index in [2.05, 4.69) is 26.0 Å². The van der Waals surface area contributed by atoms with Crippen molar-refractivity contribution >= 4 is 17.5 Å². The molecule has 3 saturated heterocycles. The number of hydrogen-bond acceptors (Lipinski definition) is 10. The van der Waals surface area contributed by atoms with Crippen molar-refractivity contribution in [3.63, 3.8) is 0 Å². The number of nitrogen functional groups attached to an aromatic ring is 1. The van der Waals surface area contributed by atoms with Crippen LogP contribution < -0.4 is 20.3 Å². The number of nitriles is 1. The standard InChI is InChI=1S/C21H25F3N8O.C7H12FN/c1-12-8-16(26)28-19(17(12)21(22,23)24)32-7-5-14-15(10-32)27-20(33-3)29-18(14)30(2)13-4-6-31(9-13)11-25;8-6-4-7-2-1-3-9(7)5-6/h8,13H,4-7,9-10H2,1-3H3,(H2,26,28);6-7H,1-5H2. The Kier molecular flexibility index (Phi) is 8.50. The first-order chi connectivity index (χ1) is 20.0. The number of halogens is 4. The van der Waals surface area contributed by atoms with Gasteiger partial charge in [-0.05, 0) is 57.2 Å². The van der Waals surface area contributed by atoms with Gasteiger partial charge in [-0.15, -0.1) is 0 Å². The lowest BCUT2D eigenvalue weighted by atomic mass is 10.0. The molecule has 2 aromatic heterocycles. The number of likely N-dealkylation sites (N-methyl/N-ethyl adjacent to an activating group) is 1. The number of rotatable bonds is 4. The minimum Gasteiger partial charge on any atom is -0.467 e. The van der Waals surface area contributed by atoms with E-state index in [9.17, 15) is 22.8 Å². The van der Waals surface area contributed by atoms with E-state index in [1.165, 1.54) is 32.9 Å². The highest BCUT2D eigenvalue weighted by molar-refractivity contribution is 5.60. The molecule has 3 unspecified atom stereocenters. The number of methoxy groups -OCH3 is 1. The summed E-state index contributed by atoms with van der Waals surface area (Å²) in [5.74, 6) is 0.512. The Morgan fingerprint density at radius 2 is 1.93 bits per heavy atom. The molecule has 42 heavy (non-hydrogen) atoms. The Labute approximate surface area is 243 Å². The van der Waals surface area contributed by atoms with E-state index in [1.807, 2.05) is 11.9 Å². The van der Waals surface area contributed by atoms with Gasteiger partial charge in [0.25, 0.3) is 0 Å². The van der Waals surface area contributed by atoms with Crippen LogP contribution in [0.25, 0.3) is 0 Å². The maximum absolute atomic E-state index is 13.8. The van der Waals surface area contributed by atoms with Crippen molar-refractivity contribution in [1.82, 2.24) is 24.8 Å². The first kappa shape index (κ1) is 29.9. The Hall–Kier alpha value is -3.60. The summed E-state index contributed by atoms with van der Waals surface area (Å²) in [6, 6.07) is 2.07. The average molecular weight is 592 g/mol. The van der Waals surface area contributed by atoms with Crippen LogP contribution in [0.3, 0.4) is 0 Å². The van der Waals surface area contributed by atoms with Gasteiger partial charge < -0.3 is 25.2 Å². The first-order valence-electron chi connectivity index (χ1n) is 14.3. The van der Waals surface area contributed by atoms with E-state index in [1.54, 1.807) is 9.80 Å². The second-order valence-corrected chi connectivity index (χ2v) is 11.4. The molecule has 3 atom stereocenters. The van der Waals surface area contributed by atoms with Crippen LogP contribution in [0, 0.1) is 18.4 Å². The molecule has 0 spiro atoms. The van der Waals surface area contributed by atoms with Crippen LogP contribution in [0.5, 0.6) is 6.01 Å². The lowest BCUT2D eigenvalue weighted by Crippen LogP contribution is -2.38. The molecule has 0 aliphatic carbocycles. The average Bonchev–Trinajstić information content (AvgIpc) is 3.67. The molecule has 228 valence electrons. The van der Waals surface area contributed by atoms with Crippen LogP contribution >= 0.6 is 0 Å². The maximum atomic E-state index is 13.8. The summed E-state index contributed by atoms with van der Waals surface area (Å²) in [7, 11) is 3.36. The van der Waals surface area contributed by atoms with Gasteiger partial charge >= 0.3 is 12.2 Å². The van der Waals surface area contributed by atoms with Crippen LogP contribution in [-0.2, 0) is 19.1 Å². The van der Waals surface area contributed by atoms with Crippen molar-refractivity contribution in [1.29, 1.82) is 5.26 Å². The van der Waals surface area contributed by atoms with Crippen LogP contribution in [-0.4, -0.2) is 89.9 Å². The van der Waals surface area contributed by atoms with E-state index in [0.717, 1.165) is 24.9 Å². The number of pyridine rings is 1. The number of ether oxygens (including phenoxy) is 1. The lowest BCUT2D eigenvalue weighted by molar-refractivity contribution is -0.137. The number of fused-ring (bicyclic) bond motifs is 2. The van der Waals surface area contributed by atoms with Crippen molar-refractivity contribution in [3.8, 4) is 12.2 Å². The van der Waals surface area contributed by atoms with Crippen molar-refractivity contribution in [3.05, 3.63) is 28.5 Å². The Balaban J connectivity index is 0.000000330. The molecule has 4 aliphatic heterocycles. The molecule has 6 heterocycles. The number of aryl methyl sites for hydroxylation is 1. The molecular formula is C28H37F4N9O. The third-order valence-corrected chi connectivity index (χ3v) is 8.65. The summed E-state index contributed by atoms with van der Waals surface area (Å²) in [6.45, 7) is 4.91. The molecule has 0 saturated carbocycles. The summed E-state index contributed by atoms with van der Waals surface area (Å²) in [5, 5.41) is 9.18. The summed E-state index contributed by atoms with van der Waals surface area (Å²) >= 11 is 0. The van der Waals surface area contributed by atoms with Crippen LogP contribution in [0.2, 0.25) is 0 Å². The van der Waals surface area contributed by atoms with E-state index < -0.39 is 17.9 Å². The number of hydrogen-bond donors (Lipinski definition) is 1. The molecule has 3 fully saturated rings. The summed E-state index contributed by atoms with van der Waals surface area (Å²) in [4.78, 5) is 20.6. The molecule has 0 bridgehead atoms. The predicted octanol–water partition coefficient (Wildman–Crippen LogP) is 3.54. The molecule has 2 N–H and O–H groups in total. The topological polar surface area (TPSA) is 111 Å². The third-order valence-electron chi connectivity index (χ3n) is 8.65. The highest BCUT2D eigenvalue weighted by atomic mass is 19.4. The number of nitrogens with two attached hydrogens (primary N) is 1. The van der Waals surface area contributed by atoms with Crippen LogP contribution in [0.15, 0.2) is 6.07 Å². The lowest BCUT2D eigenvalue weighted by Gasteiger charge is -2.34. The van der Waals surface area contributed by atoms with Gasteiger partial charge in [-0.3, -0.25) is 4.90 Å². The van der Waals surface area contributed by atoms with Gasteiger partial charge in [0, 0.05) is 44.8 Å². The number of nitrogens with zero attached hydrogens (tertiary/aromatic N) is 8. The second-order valence-electron chi connectivity index (χ2n) is 11.4. The number of aromatic nitrogens is 3. The van der Waals surface area contributed by atoms with Gasteiger partial charge in [0.15, 0.2) is 6.19 Å². The van der Waals surface area contributed by atoms with Crippen LogP contribution in [0.1, 0.15) is 48.1 Å². The molecule has 2 aromatic rings. The van der Waals surface area contributed by atoms with E-state index in [0.29, 0.717) is 50.2 Å². The molecule has 0 amide bonds. The van der Waals surface area contributed by atoms with E-state index in [4.69, 9.17) is 10.5 Å². The van der Waals surface area contributed by atoms with Gasteiger partial charge in [-0.1, -0.05) is 0 Å². The molecule has 10 nitrogen and oxygen atoms in total. The van der Waals surface area contributed by atoms with Crippen LogP contribution in [0.4, 0.5) is 35.0 Å². The second kappa shape index (κ2) is 11.9. The largest absolute Gasteiger partial charge is 0.467 e. The van der Waals surface area contributed by atoms with Gasteiger partial charge in [0.1, 0.15) is 29.2 Å². The zero-order chi connectivity index (χ0) is 30.2. The molecule has 0 radical (unpaired) electrons. The Bertz CT molecular complexity index is 1320. The van der Waals surface area contributed by atoms with Crippen molar-refractivity contribution in [2.24, 2.45) is 0 Å². The fourth-order valence-corrected chi connectivity index (χ4v) is 6.56. The molecule has 4 aliphatic rings. The monoisotopic (exact) mass is 591 g/mol. The molecule has 0 aromatic carbocycles. The molecule has 6 rings (SSSR count).